The van der Waals surface area contributed by atoms with Gasteiger partial charge in [0.25, 0.3) is 0 Å². The molecule has 1 unspecified atom stereocenters. The molecule has 2 aromatic rings. The van der Waals surface area contributed by atoms with Crippen molar-refractivity contribution in [1.29, 1.82) is 0 Å². The first-order valence-electron chi connectivity index (χ1n) is 10.8. The number of halogens is 1. The number of rotatable bonds is 10. The molecule has 0 spiro atoms. The summed E-state index contributed by atoms with van der Waals surface area (Å²) in [7, 11) is 0. The minimum Gasteiger partial charge on any atom is -0.492 e. The maximum Gasteiger partial charge on any atom is 0.226 e. The molecule has 0 radical (unpaired) electrons. The summed E-state index contributed by atoms with van der Waals surface area (Å²) in [6.07, 6.45) is 3.53. The van der Waals surface area contributed by atoms with Crippen LogP contribution in [0.4, 0.5) is 11.4 Å². The summed E-state index contributed by atoms with van der Waals surface area (Å²) in [5, 5.41) is 6.36. The summed E-state index contributed by atoms with van der Waals surface area (Å²) in [6, 6.07) is 14.9. The number of carbonyl (C=O) groups is 2. The van der Waals surface area contributed by atoms with E-state index in [-0.39, 0.29) is 24.3 Å². The van der Waals surface area contributed by atoms with Gasteiger partial charge in [-0.1, -0.05) is 29.8 Å². The van der Waals surface area contributed by atoms with E-state index >= 15 is 0 Å². The number of benzene rings is 2. The molecule has 0 saturated carbocycles. The maximum absolute atomic E-state index is 12.4. The molecule has 1 aliphatic heterocycles. The van der Waals surface area contributed by atoms with E-state index in [0.29, 0.717) is 30.2 Å². The van der Waals surface area contributed by atoms with E-state index in [9.17, 15) is 9.59 Å². The maximum atomic E-state index is 12.4. The van der Waals surface area contributed by atoms with Crippen LogP contribution in [0.25, 0.3) is 0 Å². The first-order chi connectivity index (χ1) is 15.0. The zero-order valence-electron chi connectivity index (χ0n) is 17.9. The van der Waals surface area contributed by atoms with Crippen molar-refractivity contribution >= 4 is 34.8 Å². The summed E-state index contributed by atoms with van der Waals surface area (Å²) >= 11 is 6.04. The van der Waals surface area contributed by atoms with Crippen LogP contribution in [0.5, 0.6) is 5.75 Å². The van der Waals surface area contributed by atoms with Crippen LogP contribution in [0.3, 0.4) is 0 Å². The molecule has 3 rings (SSSR count). The minimum atomic E-state index is -0.251. The fourth-order valence-electron chi connectivity index (χ4n) is 3.62. The van der Waals surface area contributed by atoms with Gasteiger partial charge in [-0.15, -0.1) is 0 Å². The van der Waals surface area contributed by atoms with E-state index in [0.717, 1.165) is 24.5 Å². The Kier molecular flexibility index (Phi) is 8.59. The van der Waals surface area contributed by atoms with E-state index in [4.69, 9.17) is 16.3 Å². The molecule has 2 aromatic carbocycles. The van der Waals surface area contributed by atoms with Gasteiger partial charge in [-0.2, -0.15) is 0 Å². The van der Waals surface area contributed by atoms with Gasteiger partial charge in [-0.25, -0.2) is 0 Å². The smallest absolute Gasteiger partial charge is 0.226 e. The number of hydrogen-bond donors (Lipinski definition) is 2. The Labute approximate surface area is 188 Å². The van der Waals surface area contributed by atoms with Crippen LogP contribution in [-0.4, -0.2) is 37.6 Å². The Bertz CT molecular complexity index is 884. The Morgan fingerprint density at radius 1 is 1.10 bits per heavy atom. The van der Waals surface area contributed by atoms with Crippen LogP contribution in [-0.2, 0) is 9.59 Å². The summed E-state index contributed by atoms with van der Waals surface area (Å²) in [4.78, 5) is 26.8. The van der Waals surface area contributed by atoms with Gasteiger partial charge in [0, 0.05) is 43.3 Å². The van der Waals surface area contributed by atoms with Crippen molar-refractivity contribution in [3.05, 3.63) is 53.6 Å². The van der Waals surface area contributed by atoms with Gasteiger partial charge in [-0.3, -0.25) is 9.59 Å². The molecule has 6 nitrogen and oxygen atoms in total. The molecule has 166 valence electrons. The lowest BCUT2D eigenvalue weighted by molar-refractivity contribution is -0.122. The molecule has 7 heteroatoms. The molecular formula is C24H30ClN3O3. The molecule has 31 heavy (non-hydrogen) atoms. The van der Waals surface area contributed by atoms with Crippen LogP contribution in [0.1, 0.15) is 39.0 Å². The predicted octanol–water partition coefficient (Wildman–Crippen LogP) is 4.63. The lowest BCUT2D eigenvalue weighted by Crippen LogP contribution is -2.35. The third-order valence-corrected chi connectivity index (χ3v) is 5.45. The molecule has 1 fully saturated rings. The largest absolute Gasteiger partial charge is 0.492 e. The summed E-state index contributed by atoms with van der Waals surface area (Å²) < 4.78 is 5.59. The van der Waals surface area contributed by atoms with Crippen molar-refractivity contribution < 1.29 is 14.3 Å². The Morgan fingerprint density at radius 2 is 1.87 bits per heavy atom. The highest BCUT2D eigenvalue weighted by Crippen LogP contribution is 2.24. The highest BCUT2D eigenvalue weighted by molar-refractivity contribution is 6.32. The number of anilines is 2. The van der Waals surface area contributed by atoms with E-state index in [1.54, 1.807) is 12.1 Å². The van der Waals surface area contributed by atoms with E-state index in [2.05, 4.69) is 21.6 Å². The second kappa shape index (κ2) is 11.6. The molecule has 2 N–H and O–H groups in total. The lowest BCUT2D eigenvalue weighted by Gasteiger charge is -2.19. The van der Waals surface area contributed by atoms with Crippen molar-refractivity contribution in [2.24, 2.45) is 0 Å². The topological polar surface area (TPSA) is 70.7 Å². The highest BCUT2D eigenvalue weighted by atomic mass is 35.5. The molecular weight excluding hydrogens is 414 g/mol. The molecule has 1 saturated heterocycles. The number of amides is 2. The zero-order chi connectivity index (χ0) is 22.1. The molecule has 1 aliphatic rings. The third kappa shape index (κ3) is 7.47. The zero-order valence-corrected chi connectivity index (χ0v) is 18.7. The van der Waals surface area contributed by atoms with Gasteiger partial charge in [0.2, 0.25) is 11.8 Å². The van der Waals surface area contributed by atoms with Crippen LogP contribution in [0.2, 0.25) is 5.02 Å². The Hall–Kier alpha value is -2.73. The molecule has 0 aliphatic carbocycles. The number of para-hydroxylation sites is 1. The number of hydrogen-bond acceptors (Lipinski definition) is 4. The van der Waals surface area contributed by atoms with Crippen molar-refractivity contribution in [3.63, 3.8) is 0 Å². The standard InChI is InChI=1S/C24H30ClN3O3/c1-18(26-23(29)12-7-15-31-22-11-3-2-10-21(22)25)16-24(30)27-19-8-6-9-20(17-19)28-13-4-5-14-28/h2-3,6,8-11,17-18H,4-5,7,12-16H2,1H3,(H,26,29)(H,27,30). The third-order valence-electron chi connectivity index (χ3n) is 5.14. The first-order valence-corrected chi connectivity index (χ1v) is 11.2. The van der Waals surface area contributed by atoms with Crippen LogP contribution >= 0.6 is 11.6 Å². The molecule has 2 amide bonds. The van der Waals surface area contributed by atoms with Crippen molar-refractivity contribution in [1.82, 2.24) is 5.32 Å². The van der Waals surface area contributed by atoms with Crippen molar-refractivity contribution in [2.45, 2.75) is 45.1 Å². The monoisotopic (exact) mass is 443 g/mol. The summed E-state index contributed by atoms with van der Waals surface area (Å²) in [6.45, 7) is 4.35. The van der Waals surface area contributed by atoms with Gasteiger partial charge >= 0.3 is 0 Å². The Morgan fingerprint density at radius 3 is 2.65 bits per heavy atom. The molecule has 0 aromatic heterocycles. The van der Waals surface area contributed by atoms with Crippen molar-refractivity contribution in [3.8, 4) is 5.75 Å². The SMILES string of the molecule is CC(CC(=O)Nc1cccc(N2CCCC2)c1)NC(=O)CCCOc1ccccc1Cl. The average molecular weight is 444 g/mol. The van der Waals surface area contributed by atoms with E-state index in [1.165, 1.54) is 12.8 Å². The first kappa shape index (κ1) is 22.9. The van der Waals surface area contributed by atoms with Crippen LogP contribution < -0.4 is 20.3 Å². The summed E-state index contributed by atoms with van der Waals surface area (Å²) in [5.41, 5.74) is 1.92. The van der Waals surface area contributed by atoms with E-state index < -0.39 is 0 Å². The van der Waals surface area contributed by atoms with Gasteiger partial charge in [0.05, 0.1) is 11.6 Å². The molecule has 1 heterocycles. The van der Waals surface area contributed by atoms with Gasteiger partial charge < -0.3 is 20.3 Å². The summed E-state index contributed by atoms with van der Waals surface area (Å²) in [5.74, 6) is 0.399. The van der Waals surface area contributed by atoms with E-state index in [1.807, 2.05) is 37.3 Å². The number of nitrogens with zero attached hydrogens (tertiary/aromatic N) is 1. The van der Waals surface area contributed by atoms with Crippen molar-refractivity contribution in [2.75, 3.05) is 29.9 Å². The molecule has 1 atom stereocenters. The quantitative estimate of drug-likeness (QED) is 0.525. The minimum absolute atomic E-state index is 0.0981. The number of ether oxygens (including phenoxy) is 1. The van der Waals surface area contributed by atoms with Gasteiger partial charge in [0.1, 0.15) is 5.75 Å². The normalized spacial score (nSPS) is 14.2. The fraction of sp³-hybridized carbons (Fsp3) is 0.417. The Balaban J connectivity index is 1.35. The molecule has 0 bridgehead atoms. The average Bonchev–Trinajstić information content (AvgIpc) is 3.27. The number of nitrogens with one attached hydrogen (secondary N) is 2. The second-order valence-electron chi connectivity index (χ2n) is 7.85. The highest BCUT2D eigenvalue weighted by Gasteiger charge is 2.15. The van der Waals surface area contributed by atoms with Gasteiger partial charge in [0.15, 0.2) is 0 Å². The van der Waals surface area contributed by atoms with Gasteiger partial charge in [-0.05, 0) is 56.5 Å². The second-order valence-corrected chi connectivity index (χ2v) is 8.25. The fourth-order valence-corrected chi connectivity index (χ4v) is 3.81. The lowest BCUT2D eigenvalue weighted by atomic mass is 10.2. The number of carbonyl (C=O) groups excluding carboxylic acids is 2. The van der Waals surface area contributed by atoms with Crippen LogP contribution in [0.15, 0.2) is 48.5 Å². The van der Waals surface area contributed by atoms with Crippen LogP contribution in [0, 0.1) is 0 Å². The predicted molar refractivity (Wildman–Crippen MR) is 125 cm³/mol.